The zero-order chi connectivity index (χ0) is 17.9. The normalized spacial score (nSPS) is 11.2. The lowest BCUT2D eigenvalue weighted by Gasteiger charge is -2.10. The molecule has 3 rings (SSSR count). The fourth-order valence-electron chi connectivity index (χ4n) is 2.42. The molecule has 3 aromatic rings. The SMILES string of the molecule is Cc1ccc(S(=O)(=O)NC(=O)COc2cccc3ccccc23)cc1. The average molecular weight is 355 g/mol. The molecule has 1 amide bonds. The number of amides is 1. The summed E-state index contributed by atoms with van der Waals surface area (Å²) in [5.74, 6) is -0.200. The van der Waals surface area contributed by atoms with Gasteiger partial charge in [-0.3, -0.25) is 4.79 Å². The average Bonchev–Trinajstić information content (AvgIpc) is 2.60. The molecule has 0 aliphatic carbocycles. The van der Waals surface area contributed by atoms with Gasteiger partial charge in [0.25, 0.3) is 15.9 Å². The molecule has 0 saturated heterocycles. The predicted molar refractivity (Wildman–Crippen MR) is 96.0 cm³/mol. The molecule has 6 heteroatoms. The Labute approximate surface area is 146 Å². The third-order valence-corrected chi connectivity index (χ3v) is 5.08. The van der Waals surface area contributed by atoms with Crippen molar-refractivity contribution < 1.29 is 17.9 Å². The van der Waals surface area contributed by atoms with Gasteiger partial charge in [-0.1, -0.05) is 54.1 Å². The largest absolute Gasteiger partial charge is 0.483 e. The van der Waals surface area contributed by atoms with Crippen molar-refractivity contribution in [2.45, 2.75) is 11.8 Å². The molecule has 1 N–H and O–H groups in total. The summed E-state index contributed by atoms with van der Waals surface area (Å²) in [6, 6.07) is 19.3. The number of sulfonamides is 1. The molecule has 25 heavy (non-hydrogen) atoms. The zero-order valence-corrected chi connectivity index (χ0v) is 14.4. The van der Waals surface area contributed by atoms with E-state index in [9.17, 15) is 13.2 Å². The van der Waals surface area contributed by atoms with Gasteiger partial charge in [0.05, 0.1) is 4.90 Å². The highest BCUT2D eigenvalue weighted by atomic mass is 32.2. The Morgan fingerprint density at radius 1 is 0.960 bits per heavy atom. The van der Waals surface area contributed by atoms with Gasteiger partial charge in [0.2, 0.25) is 0 Å². The second kappa shape index (κ2) is 6.94. The van der Waals surface area contributed by atoms with E-state index >= 15 is 0 Å². The van der Waals surface area contributed by atoms with Crippen LogP contribution in [0.15, 0.2) is 71.6 Å². The van der Waals surface area contributed by atoms with Crippen LogP contribution in [0.25, 0.3) is 10.8 Å². The van der Waals surface area contributed by atoms with Gasteiger partial charge in [0, 0.05) is 5.39 Å². The van der Waals surface area contributed by atoms with E-state index in [0.29, 0.717) is 5.75 Å². The molecule has 0 atom stereocenters. The molecular formula is C19H17NO4S. The first-order valence-corrected chi connectivity index (χ1v) is 9.17. The first-order chi connectivity index (χ1) is 12.0. The summed E-state index contributed by atoms with van der Waals surface area (Å²) in [6.07, 6.45) is 0. The highest BCUT2D eigenvalue weighted by Crippen LogP contribution is 2.25. The van der Waals surface area contributed by atoms with E-state index in [-0.39, 0.29) is 11.5 Å². The molecule has 0 radical (unpaired) electrons. The van der Waals surface area contributed by atoms with Crippen molar-refractivity contribution in [3.8, 4) is 5.75 Å². The first-order valence-electron chi connectivity index (χ1n) is 7.68. The Kier molecular flexibility index (Phi) is 4.72. The summed E-state index contributed by atoms with van der Waals surface area (Å²) in [6.45, 7) is 1.46. The van der Waals surface area contributed by atoms with E-state index in [0.717, 1.165) is 16.3 Å². The molecular weight excluding hydrogens is 338 g/mol. The van der Waals surface area contributed by atoms with Crippen LogP contribution in [0.1, 0.15) is 5.56 Å². The monoisotopic (exact) mass is 355 g/mol. The van der Waals surface area contributed by atoms with Gasteiger partial charge in [0.1, 0.15) is 5.75 Å². The third-order valence-electron chi connectivity index (χ3n) is 3.69. The fourth-order valence-corrected chi connectivity index (χ4v) is 3.39. The van der Waals surface area contributed by atoms with Gasteiger partial charge in [-0.2, -0.15) is 0 Å². The summed E-state index contributed by atoms with van der Waals surface area (Å²) >= 11 is 0. The lowest BCUT2D eigenvalue weighted by molar-refractivity contribution is -0.121. The van der Waals surface area contributed by atoms with Crippen molar-refractivity contribution in [2.24, 2.45) is 0 Å². The van der Waals surface area contributed by atoms with Crippen LogP contribution < -0.4 is 9.46 Å². The first kappa shape index (κ1) is 17.0. The van der Waals surface area contributed by atoms with Crippen molar-refractivity contribution >= 4 is 26.7 Å². The number of aryl methyl sites for hydroxylation is 1. The Balaban J connectivity index is 1.69. The van der Waals surface area contributed by atoms with Crippen molar-refractivity contribution in [1.82, 2.24) is 4.72 Å². The lowest BCUT2D eigenvalue weighted by atomic mass is 10.1. The Hall–Kier alpha value is -2.86. The van der Waals surface area contributed by atoms with E-state index in [1.165, 1.54) is 12.1 Å². The van der Waals surface area contributed by atoms with Gasteiger partial charge in [0.15, 0.2) is 6.61 Å². The predicted octanol–water partition coefficient (Wildman–Crippen LogP) is 3.03. The number of fused-ring (bicyclic) bond motifs is 1. The minimum atomic E-state index is -3.90. The minimum absolute atomic E-state index is 0.0385. The Bertz CT molecular complexity index is 1010. The van der Waals surface area contributed by atoms with Crippen LogP contribution in [-0.2, 0) is 14.8 Å². The summed E-state index contributed by atoms with van der Waals surface area (Å²) in [5, 5.41) is 1.84. The smallest absolute Gasteiger partial charge is 0.271 e. The fraction of sp³-hybridized carbons (Fsp3) is 0.105. The van der Waals surface area contributed by atoms with Crippen LogP contribution in [0.3, 0.4) is 0 Å². The van der Waals surface area contributed by atoms with E-state index in [1.54, 1.807) is 18.2 Å². The van der Waals surface area contributed by atoms with E-state index in [2.05, 4.69) is 0 Å². The molecule has 3 aromatic carbocycles. The summed E-state index contributed by atoms with van der Waals surface area (Å²) in [4.78, 5) is 12.0. The third kappa shape index (κ3) is 3.97. The highest BCUT2D eigenvalue weighted by molar-refractivity contribution is 7.90. The maximum atomic E-state index is 12.2. The summed E-state index contributed by atoms with van der Waals surface area (Å²) in [7, 11) is -3.90. The van der Waals surface area contributed by atoms with Crippen LogP contribution >= 0.6 is 0 Å². The van der Waals surface area contributed by atoms with Gasteiger partial charge >= 0.3 is 0 Å². The van der Waals surface area contributed by atoms with Gasteiger partial charge in [-0.05, 0) is 30.5 Å². The minimum Gasteiger partial charge on any atom is -0.483 e. The Morgan fingerprint density at radius 3 is 2.40 bits per heavy atom. The van der Waals surface area contributed by atoms with Gasteiger partial charge in [-0.15, -0.1) is 0 Å². The van der Waals surface area contributed by atoms with Crippen LogP contribution in [0.5, 0.6) is 5.75 Å². The maximum Gasteiger partial charge on any atom is 0.271 e. The van der Waals surface area contributed by atoms with Crippen LogP contribution in [0, 0.1) is 6.92 Å². The number of hydrogen-bond acceptors (Lipinski definition) is 4. The van der Waals surface area contributed by atoms with Crippen LogP contribution in [0.2, 0.25) is 0 Å². The number of benzene rings is 3. The van der Waals surface area contributed by atoms with Crippen molar-refractivity contribution in [1.29, 1.82) is 0 Å². The second-order valence-electron chi connectivity index (χ2n) is 5.61. The quantitative estimate of drug-likeness (QED) is 0.763. The molecule has 0 aliphatic heterocycles. The molecule has 0 aromatic heterocycles. The van der Waals surface area contributed by atoms with Crippen LogP contribution in [-0.4, -0.2) is 20.9 Å². The van der Waals surface area contributed by atoms with E-state index in [4.69, 9.17) is 4.74 Å². The van der Waals surface area contributed by atoms with Crippen LogP contribution in [0.4, 0.5) is 0 Å². The molecule has 0 heterocycles. The van der Waals surface area contributed by atoms with Gasteiger partial charge in [-0.25, -0.2) is 13.1 Å². The number of hydrogen-bond donors (Lipinski definition) is 1. The number of carbonyl (C=O) groups is 1. The van der Waals surface area contributed by atoms with Crippen molar-refractivity contribution in [3.05, 3.63) is 72.3 Å². The summed E-state index contributed by atoms with van der Waals surface area (Å²) < 4.78 is 31.9. The summed E-state index contributed by atoms with van der Waals surface area (Å²) in [5.41, 5.74) is 0.935. The molecule has 0 saturated carbocycles. The Morgan fingerprint density at radius 2 is 1.64 bits per heavy atom. The highest BCUT2D eigenvalue weighted by Gasteiger charge is 2.17. The topological polar surface area (TPSA) is 72.5 Å². The number of carbonyl (C=O) groups excluding carboxylic acids is 1. The van der Waals surface area contributed by atoms with Crippen molar-refractivity contribution in [3.63, 3.8) is 0 Å². The number of ether oxygens (including phenoxy) is 1. The van der Waals surface area contributed by atoms with E-state index < -0.39 is 15.9 Å². The van der Waals surface area contributed by atoms with E-state index in [1.807, 2.05) is 48.0 Å². The molecule has 0 bridgehead atoms. The molecule has 0 spiro atoms. The molecule has 0 fully saturated rings. The lowest BCUT2D eigenvalue weighted by Crippen LogP contribution is -2.34. The standard InChI is InChI=1S/C19H17NO4S/c1-14-9-11-16(12-10-14)25(22,23)20-19(21)13-24-18-8-4-6-15-5-2-3-7-17(15)18/h2-12H,13H2,1H3,(H,20,21). The number of nitrogens with one attached hydrogen (secondary N) is 1. The number of rotatable bonds is 5. The molecule has 5 nitrogen and oxygen atoms in total. The van der Waals surface area contributed by atoms with Crippen molar-refractivity contribution in [2.75, 3.05) is 6.61 Å². The molecule has 0 unspecified atom stereocenters. The molecule has 128 valence electrons. The molecule has 0 aliphatic rings. The second-order valence-corrected chi connectivity index (χ2v) is 7.29. The zero-order valence-electron chi connectivity index (χ0n) is 13.6. The van der Waals surface area contributed by atoms with Gasteiger partial charge < -0.3 is 4.74 Å². The maximum absolute atomic E-state index is 12.2.